The lowest BCUT2D eigenvalue weighted by Gasteiger charge is -2.25. The smallest absolute Gasteiger partial charge is 0.0494 e. The van der Waals surface area contributed by atoms with Crippen LogP contribution in [0.15, 0.2) is 0 Å². The predicted molar refractivity (Wildman–Crippen MR) is 55.8 cm³/mol. The molecule has 1 saturated carbocycles. The van der Waals surface area contributed by atoms with Gasteiger partial charge in [0.05, 0.1) is 0 Å². The maximum atomic E-state index is 5.55. The molecule has 1 fully saturated rings. The summed E-state index contributed by atoms with van der Waals surface area (Å²) in [4.78, 5) is 0.751. The third-order valence-electron chi connectivity index (χ3n) is 2.42. The van der Waals surface area contributed by atoms with Gasteiger partial charge in [0.2, 0.25) is 0 Å². The molecule has 0 radical (unpaired) electrons. The van der Waals surface area contributed by atoms with Gasteiger partial charge in [0.1, 0.15) is 0 Å². The number of rotatable bonds is 4. The first-order chi connectivity index (χ1) is 5.83. The largest absolute Gasteiger partial charge is 0.381 e. The molecule has 0 N–H and O–H groups in total. The van der Waals surface area contributed by atoms with Crippen LogP contribution in [0.25, 0.3) is 0 Å². The highest BCUT2D eigenvalue weighted by molar-refractivity contribution is 9.09. The Morgan fingerprint density at radius 1 is 1.42 bits per heavy atom. The minimum absolute atomic E-state index is 0.751. The van der Waals surface area contributed by atoms with E-state index in [0.29, 0.717) is 0 Å². The van der Waals surface area contributed by atoms with Crippen LogP contribution in [0.2, 0.25) is 0 Å². The number of ether oxygens (including phenoxy) is 1. The van der Waals surface area contributed by atoms with Crippen molar-refractivity contribution < 1.29 is 4.74 Å². The summed E-state index contributed by atoms with van der Waals surface area (Å²) in [6, 6.07) is 0. The Morgan fingerprint density at radius 3 is 2.92 bits per heavy atom. The van der Waals surface area contributed by atoms with Crippen LogP contribution < -0.4 is 0 Å². The maximum absolute atomic E-state index is 5.55. The number of alkyl halides is 1. The van der Waals surface area contributed by atoms with Crippen LogP contribution >= 0.6 is 15.9 Å². The van der Waals surface area contributed by atoms with Gasteiger partial charge in [-0.3, -0.25) is 0 Å². The molecular formula is C10H19BrO. The van der Waals surface area contributed by atoms with Gasteiger partial charge < -0.3 is 4.74 Å². The number of halogens is 1. The van der Waals surface area contributed by atoms with Crippen LogP contribution in [-0.4, -0.2) is 18.0 Å². The van der Waals surface area contributed by atoms with Gasteiger partial charge in [-0.15, -0.1) is 0 Å². The number of hydrogen-bond acceptors (Lipinski definition) is 1. The Balaban J connectivity index is 2.06. The minimum atomic E-state index is 0.751. The molecule has 0 aromatic rings. The lowest BCUT2D eigenvalue weighted by Crippen LogP contribution is -2.19. The highest BCUT2D eigenvalue weighted by atomic mass is 79.9. The van der Waals surface area contributed by atoms with Crippen molar-refractivity contribution in [1.82, 2.24) is 0 Å². The van der Waals surface area contributed by atoms with E-state index in [1.807, 2.05) is 0 Å². The van der Waals surface area contributed by atoms with E-state index in [-0.39, 0.29) is 0 Å². The molecule has 0 amide bonds. The molecule has 2 heteroatoms. The standard InChI is InChI=1S/C10H19BrO/c1-2-6-12-8-9-4-3-5-10(11)7-9/h9-10H,2-8H2,1H3. The number of hydrogen-bond donors (Lipinski definition) is 0. The normalized spacial score (nSPS) is 30.5. The molecular weight excluding hydrogens is 216 g/mol. The molecule has 12 heavy (non-hydrogen) atoms. The van der Waals surface area contributed by atoms with Crippen LogP contribution in [0.5, 0.6) is 0 Å². The molecule has 0 heterocycles. The fourth-order valence-corrected chi connectivity index (χ4v) is 2.62. The van der Waals surface area contributed by atoms with Gasteiger partial charge in [0.15, 0.2) is 0 Å². The first-order valence-corrected chi connectivity index (χ1v) is 5.96. The van der Waals surface area contributed by atoms with Gasteiger partial charge in [-0.2, -0.15) is 0 Å². The van der Waals surface area contributed by atoms with Crippen molar-refractivity contribution in [3.8, 4) is 0 Å². The molecule has 1 aliphatic carbocycles. The first kappa shape index (κ1) is 10.5. The topological polar surface area (TPSA) is 9.23 Å². The highest BCUT2D eigenvalue weighted by Gasteiger charge is 2.19. The van der Waals surface area contributed by atoms with Gasteiger partial charge in [-0.05, 0) is 31.6 Å². The SMILES string of the molecule is CCCOCC1CCCC(Br)C1. The monoisotopic (exact) mass is 234 g/mol. The first-order valence-electron chi connectivity index (χ1n) is 5.04. The summed E-state index contributed by atoms with van der Waals surface area (Å²) < 4.78 is 5.55. The molecule has 0 bridgehead atoms. The van der Waals surface area contributed by atoms with Crippen LogP contribution in [0.1, 0.15) is 39.0 Å². The average molecular weight is 235 g/mol. The van der Waals surface area contributed by atoms with Gasteiger partial charge in [0, 0.05) is 18.0 Å². The van der Waals surface area contributed by atoms with Crippen molar-refractivity contribution >= 4 is 15.9 Å². The Morgan fingerprint density at radius 2 is 2.25 bits per heavy atom. The van der Waals surface area contributed by atoms with E-state index in [0.717, 1.165) is 30.4 Å². The van der Waals surface area contributed by atoms with E-state index >= 15 is 0 Å². The van der Waals surface area contributed by atoms with Gasteiger partial charge in [0.25, 0.3) is 0 Å². The molecule has 1 nitrogen and oxygen atoms in total. The minimum Gasteiger partial charge on any atom is -0.381 e. The van der Waals surface area contributed by atoms with Crippen LogP contribution in [-0.2, 0) is 4.74 Å². The summed E-state index contributed by atoms with van der Waals surface area (Å²) in [6.45, 7) is 4.08. The van der Waals surface area contributed by atoms with Gasteiger partial charge in [-0.1, -0.05) is 29.3 Å². The second-order valence-electron chi connectivity index (χ2n) is 3.70. The Kier molecular flexibility index (Phi) is 5.24. The van der Waals surface area contributed by atoms with Crippen molar-refractivity contribution in [2.45, 2.75) is 43.9 Å². The van der Waals surface area contributed by atoms with Crippen molar-refractivity contribution in [3.63, 3.8) is 0 Å². The van der Waals surface area contributed by atoms with Crippen LogP contribution in [0.4, 0.5) is 0 Å². The third kappa shape index (κ3) is 3.90. The van der Waals surface area contributed by atoms with E-state index < -0.39 is 0 Å². The van der Waals surface area contributed by atoms with E-state index in [9.17, 15) is 0 Å². The molecule has 1 rings (SSSR count). The maximum Gasteiger partial charge on any atom is 0.0494 e. The second kappa shape index (κ2) is 5.98. The highest BCUT2D eigenvalue weighted by Crippen LogP contribution is 2.28. The zero-order valence-electron chi connectivity index (χ0n) is 7.89. The molecule has 0 spiro atoms. The van der Waals surface area contributed by atoms with Gasteiger partial charge >= 0.3 is 0 Å². The third-order valence-corrected chi connectivity index (χ3v) is 3.25. The van der Waals surface area contributed by atoms with Crippen molar-refractivity contribution in [2.75, 3.05) is 13.2 Å². The summed E-state index contributed by atoms with van der Waals surface area (Å²) in [5.74, 6) is 0.815. The summed E-state index contributed by atoms with van der Waals surface area (Å²) in [5, 5.41) is 0. The fourth-order valence-electron chi connectivity index (χ4n) is 1.77. The lowest BCUT2D eigenvalue weighted by atomic mass is 9.90. The van der Waals surface area contributed by atoms with Crippen LogP contribution in [0.3, 0.4) is 0 Å². The molecule has 2 unspecified atom stereocenters. The molecule has 0 aliphatic heterocycles. The molecule has 2 atom stereocenters. The van der Waals surface area contributed by atoms with Gasteiger partial charge in [-0.25, -0.2) is 0 Å². The van der Waals surface area contributed by atoms with Crippen LogP contribution in [0, 0.1) is 5.92 Å². The van der Waals surface area contributed by atoms with E-state index in [1.54, 1.807) is 0 Å². The summed E-state index contributed by atoms with van der Waals surface area (Å²) in [7, 11) is 0. The molecule has 72 valence electrons. The van der Waals surface area contributed by atoms with E-state index in [4.69, 9.17) is 4.74 Å². The van der Waals surface area contributed by atoms with E-state index in [1.165, 1.54) is 25.7 Å². The summed E-state index contributed by atoms with van der Waals surface area (Å²) in [5.41, 5.74) is 0. The zero-order valence-corrected chi connectivity index (χ0v) is 9.48. The average Bonchev–Trinajstić information content (AvgIpc) is 2.05. The Labute approximate surface area is 84.0 Å². The molecule has 0 saturated heterocycles. The molecule has 0 aromatic carbocycles. The predicted octanol–water partition coefficient (Wildman–Crippen LogP) is 3.37. The van der Waals surface area contributed by atoms with Crippen molar-refractivity contribution in [2.24, 2.45) is 5.92 Å². The second-order valence-corrected chi connectivity index (χ2v) is 5.00. The zero-order chi connectivity index (χ0) is 8.81. The van der Waals surface area contributed by atoms with Crippen molar-refractivity contribution in [3.05, 3.63) is 0 Å². The fraction of sp³-hybridized carbons (Fsp3) is 1.00. The summed E-state index contributed by atoms with van der Waals surface area (Å²) in [6.07, 6.45) is 6.54. The molecule has 1 aliphatic rings. The Hall–Kier alpha value is 0.440. The lowest BCUT2D eigenvalue weighted by molar-refractivity contribution is 0.0870. The Bertz CT molecular complexity index is 116. The van der Waals surface area contributed by atoms with E-state index in [2.05, 4.69) is 22.9 Å². The summed E-state index contributed by atoms with van der Waals surface area (Å²) >= 11 is 3.68. The molecule has 0 aromatic heterocycles. The van der Waals surface area contributed by atoms with Crippen molar-refractivity contribution in [1.29, 1.82) is 0 Å². The quantitative estimate of drug-likeness (QED) is 0.536.